The number of carbonyl (C=O) groups excluding carboxylic acids is 2. The van der Waals surface area contributed by atoms with Gasteiger partial charge in [0, 0.05) is 43.1 Å². The number of nitrogens with one attached hydrogen (secondary N) is 1. The van der Waals surface area contributed by atoms with Crippen LogP contribution in [-0.2, 0) is 14.3 Å². The molecule has 2 atom stereocenters. The van der Waals surface area contributed by atoms with E-state index in [1.165, 1.54) is 0 Å². The van der Waals surface area contributed by atoms with Crippen molar-refractivity contribution in [2.45, 2.75) is 56.8 Å². The molecule has 3 N–H and O–H groups in total. The number of hydrogen-bond donors (Lipinski definition) is 2. The van der Waals surface area contributed by atoms with E-state index in [9.17, 15) is 9.59 Å². The standard InChI is InChI=1S/C17H29N3O3S/c18-11-14-5-6-15(23-14)16(21)19-13-3-1-12(2-4-13)17(22)20-7-9-24-10-8-20/h12-15H,1-11,18H2,(H,19,21)/t12?,13?,14-,15+/m1/s1. The summed E-state index contributed by atoms with van der Waals surface area (Å²) in [6.07, 6.45) is 4.84. The van der Waals surface area contributed by atoms with E-state index in [0.29, 0.717) is 12.5 Å². The molecule has 0 bridgehead atoms. The van der Waals surface area contributed by atoms with Crippen molar-refractivity contribution in [1.82, 2.24) is 10.2 Å². The van der Waals surface area contributed by atoms with Crippen molar-refractivity contribution in [1.29, 1.82) is 0 Å². The Bertz CT molecular complexity index is 448. The van der Waals surface area contributed by atoms with Crippen LogP contribution in [0.25, 0.3) is 0 Å². The first-order chi connectivity index (χ1) is 11.7. The van der Waals surface area contributed by atoms with Crippen molar-refractivity contribution < 1.29 is 14.3 Å². The molecule has 2 aliphatic heterocycles. The first kappa shape index (κ1) is 18.0. The molecular weight excluding hydrogens is 326 g/mol. The van der Waals surface area contributed by atoms with E-state index in [-0.39, 0.29) is 30.1 Å². The highest BCUT2D eigenvalue weighted by Gasteiger charge is 2.34. The molecule has 2 saturated heterocycles. The van der Waals surface area contributed by atoms with Gasteiger partial charge in [-0.3, -0.25) is 9.59 Å². The largest absolute Gasteiger partial charge is 0.364 e. The van der Waals surface area contributed by atoms with Gasteiger partial charge < -0.3 is 20.7 Å². The number of hydrogen-bond acceptors (Lipinski definition) is 5. The lowest BCUT2D eigenvalue weighted by Crippen LogP contribution is -2.46. The first-order valence-electron chi connectivity index (χ1n) is 9.20. The Labute approximate surface area is 148 Å². The van der Waals surface area contributed by atoms with Gasteiger partial charge in [0.05, 0.1) is 6.10 Å². The number of nitrogens with zero attached hydrogens (tertiary/aromatic N) is 1. The summed E-state index contributed by atoms with van der Waals surface area (Å²) in [5, 5.41) is 3.11. The van der Waals surface area contributed by atoms with E-state index in [1.54, 1.807) is 0 Å². The fourth-order valence-corrected chi connectivity index (χ4v) is 4.80. The maximum absolute atomic E-state index is 12.6. The molecule has 136 valence electrons. The fourth-order valence-electron chi connectivity index (χ4n) is 3.89. The molecule has 0 unspecified atom stereocenters. The van der Waals surface area contributed by atoms with Crippen molar-refractivity contribution in [3.8, 4) is 0 Å². The summed E-state index contributed by atoms with van der Waals surface area (Å²) in [6, 6.07) is 0.180. The van der Waals surface area contributed by atoms with Crippen LogP contribution in [0.1, 0.15) is 38.5 Å². The Balaban J connectivity index is 1.40. The maximum Gasteiger partial charge on any atom is 0.249 e. The van der Waals surface area contributed by atoms with Gasteiger partial charge in [0.15, 0.2) is 0 Å². The summed E-state index contributed by atoms with van der Waals surface area (Å²) in [6.45, 7) is 2.26. The van der Waals surface area contributed by atoms with Crippen LogP contribution in [-0.4, -0.2) is 66.1 Å². The van der Waals surface area contributed by atoms with E-state index < -0.39 is 0 Å². The normalized spacial score (nSPS) is 34.1. The maximum atomic E-state index is 12.6. The van der Waals surface area contributed by atoms with Gasteiger partial charge in [-0.1, -0.05) is 0 Å². The van der Waals surface area contributed by atoms with Gasteiger partial charge in [0.1, 0.15) is 6.10 Å². The molecule has 0 spiro atoms. The lowest BCUT2D eigenvalue weighted by Gasteiger charge is -2.34. The molecule has 0 aromatic heterocycles. The SMILES string of the molecule is NC[C@H]1CC[C@@H](C(=O)NC2CCC(C(=O)N3CCSCC3)CC2)O1. The minimum Gasteiger partial charge on any atom is -0.364 e. The summed E-state index contributed by atoms with van der Waals surface area (Å²) in [4.78, 5) is 26.9. The predicted molar refractivity (Wildman–Crippen MR) is 94.7 cm³/mol. The Morgan fingerprint density at radius 3 is 2.42 bits per heavy atom. The highest BCUT2D eigenvalue weighted by molar-refractivity contribution is 7.99. The molecule has 3 fully saturated rings. The van der Waals surface area contributed by atoms with E-state index in [0.717, 1.165) is 63.1 Å². The summed E-state index contributed by atoms with van der Waals surface area (Å²) in [5.74, 6) is 2.58. The molecule has 0 radical (unpaired) electrons. The third kappa shape index (κ3) is 4.43. The van der Waals surface area contributed by atoms with Crippen LogP contribution in [0.4, 0.5) is 0 Å². The molecule has 6 nitrogen and oxygen atoms in total. The Kier molecular flexibility index (Phi) is 6.41. The highest BCUT2D eigenvalue weighted by atomic mass is 32.2. The number of ether oxygens (including phenoxy) is 1. The molecule has 0 aromatic rings. The number of carbonyl (C=O) groups is 2. The molecule has 2 amide bonds. The molecule has 3 rings (SSSR count). The average molecular weight is 356 g/mol. The summed E-state index contributed by atoms with van der Waals surface area (Å²) < 4.78 is 5.65. The van der Waals surface area contributed by atoms with Crippen LogP contribution < -0.4 is 11.1 Å². The summed E-state index contributed by atoms with van der Waals surface area (Å²) in [7, 11) is 0. The van der Waals surface area contributed by atoms with Crippen molar-refractivity contribution in [2.75, 3.05) is 31.1 Å². The Morgan fingerprint density at radius 1 is 1.08 bits per heavy atom. The third-order valence-electron chi connectivity index (χ3n) is 5.41. The quantitative estimate of drug-likeness (QED) is 0.777. The van der Waals surface area contributed by atoms with E-state index >= 15 is 0 Å². The number of amides is 2. The van der Waals surface area contributed by atoms with Gasteiger partial charge in [-0.05, 0) is 38.5 Å². The van der Waals surface area contributed by atoms with Gasteiger partial charge in [-0.25, -0.2) is 0 Å². The Morgan fingerprint density at radius 2 is 1.79 bits per heavy atom. The lowest BCUT2D eigenvalue weighted by molar-refractivity contribution is -0.136. The zero-order chi connectivity index (χ0) is 16.9. The molecule has 2 heterocycles. The molecule has 24 heavy (non-hydrogen) atoms. The van der Waals surface area contributed by atoms with Crippen molar-refractivity contribution >= 4 is 23.6 Å². The predicted octanol–water partition coefficient (Wildman–Crippen LogP) is 0.743. The highest BCUT2D eigenvalue weighted by Crippen LogP contribution is 2.27. The zero-order valence-corrected chi connectivity index (χ0v) is 15.1. The molecule has 3 aliphatic rings. The van der Waals surface area contributed by atoms with Crippen LogP contribution in [0.5, 0.6) is 0 Å². The smallest absolute Gasteiger partial charge is 0.249 e. The minimum atomic E-state index is -0.344. The van der Waals surface area contributed by atoms with Crippen LogP contribution in [0.2, 0.25) is 0 Å². The van der Waals surface area contributed by atoms with Gasteiger partial charge in [0.2, 0.25) is 11.8 Å². The van der Waals surface area contributed by atoms with Crippen molar-refractivity contribution in [3.63, 3.8) is 0 Å². The number of nitrogens with two attached hydrogens (primary N) is 1. The average Bonchev–Trinajstić information content (AvgIpc) is 3.12. The molecule has 1 aliphatic carbocycles. The molecule has 7 heteroatoms. The van der Waals surface area contributed by atoms with E-state index in [2.05, 4.69) is 5.32 Å². The van der Waals surface area contributed by atoms with Gasteiger partial charge >= 0.3 is 0 Å². The molecular formula is C17H29N3O3S. The van der Waals surface area contributed by atoms with Crippen LogP contribution in [0, 0.1) is 5.92 Å². The Hall–Kier alpha value is -0.790. The molecule has 0 aromatic carbocycles. The number of rotatable bonds is 4. The lowest BCUT2D eigenvalue weighted by atomic mass is 9.85. The summed E-state index contributed by atoms with van der Waals surface area (Å²) in [5.41, 5.74) is 5.59. The summed E-state index contributed by atoms with van der Waals surface area (Å²) >= 11 is 1.92. The van der Waals surface area contributed by atoms with E-state index in [4.69, 9.17) is 10.5 Å². The van der Waals surface area contributed by atoms with Gasteiger partial charge in [-0.2, -0.15) is 11.8 Å². The van der Waals surface area contributed by atoms with Gasteiger partial charge in [-0.15, -0.1) is 0 Å². The first-order valence-corrected chi connectivity index (χ1v) is 10.3. The van der Waals surface area contributed by atoms with Crippen molar-refractivity contribution in [3.05, 3.63) is 0 Å². The van der Waals surface area contributed by atoms with Crippen molar-refractivity contribution in [2.24, 2.45) is 11.7 Å². The van der Waals surface area contributed by atoms with Crippen LogP contribution >= 0.6 is 11.8 Å². The van der Waals surface area contributed by atoms with E-state index in [1.807, 2.05) is 16.7 Å². The number of thioether (sulfide) groups is 1. The molecule has 1 saturated carbocycles. The second kappa shape index (κ2) is 8.54. The minimum absolute atomic E-state index is 0.00576. The fraction of sp³-hybridized carbons (Fsp3) is 0.882. The monoisotopic (exact) mass is 355 g/mol. The topological polar surface area (TPSA) is 84.7 Å². The van der Waals surface area contributed by atoms with Crippen LogP contribution in [0.15, 0.2) is 0 Å². The zero-order valence-electron chi connectivity index (χ0n) is 14.2. The van der Waals surface area contributed by atoms with Gasteiger partial charge in [0.25, 0.3) is 0 Å². The second-order valence-electron chi connectivity index (χ2n) is 7.05. The van der Waals surface area contributed by atoms with Crippen LogP contribution in [0.3, 0.4) is 0 Å². The second-order valence-corrected chi connectivity index (χ2v) is 8.28. The third-order valence-corrected chi connectivity index (χ3v) is 6.35.